The maximum absolute atomic E-state index is 11.4. The molecule has 2 fully saturated rings. The van der Waals surface area contributed by atoms with Crippen LogP contribution in [0.25, 0.3) is 0 Å². The zero-order valence-electron chi connectivity index (χ0n) is 18.5. The van der Waals surface area contributed by atoms with Crippen LogP contribution < -0.4 is 10.0 Å². The first-order valence-corrected chi connectivity index (χ1v) is 10.7. The van der Waals surface area contributed by atoms with Gasteiger partial charge >= 0.3 is 5.97 Å². The highest BCUT2D eigenvalue weighted by Crippen LogP contribution is 2.60. The summed E-state index contributed by atoms with van der Waals surface area (Å²) in [6.45, 7) is 3.84. The summed E-state index contributed by atoms with van der Waals surface area (Å²) in [5, 5.41) is 32.0. The van der Waals surface area contributed by atoms with Gasteiger partial charge in [0.1, 0.15) is 6.54 Å². The van der Waals surface area contributed by atoms with Crippen LogP contribution in [-0.4, -0.2) is 61.2 Å². The number of benzene rings is 1. The lowest BCUT2D eigenvalue weighted by atomic mass is 9.59. The monoisotopic (exact) mass is 434 g/mol. The Hall–Kier alpha value is -2.45. The summed E-state index contributed by atoms with van der Waals surface area (Å²) in [5.74, 6) is -3.24. The molecule has 0 amide bonds. The molecule has 0 spiro atoms. The summed E-state index contributed by atoms with van der Waals surface area (Å²) < 4.78 is 0. The van der Waals surface area contributed by atoms with Gasteiger partial charge < -0.3 is 29.9 Å². The number of aliphatic carboxylic acids is 2. The molecule has 172 valence electrons. The third kappa shape index (κ3) is 6.27. The van der Waals surface area contributed by atoms with Crippen LogP contribution in [0.5, 0.6) is 0 Å². The van der Waals surface area contributed by atoms with Crippen molar-refractivity contribution < 1.29 is 34.6 Å². The highest BCUT2D eigenvalue weighted by molar-refractivity contribution is 6.26. The minimum absolute atomic E-state index is 0.0854. The van der Waals surface area contributed by atoms with Crippen LogP contribution in [0.1, 0.15) is 50.5 Å². The van der Waals surface area contributed by atoms with E-state index < -0.39 is 17.5 Å². The molecule has 3 N–H and O–H groups in total. The molecule has 2 aliphatic rings. The second-order valence-electron chi connectivity index (χ2n) is 9.08. The zero-order chi connectivity index (χ0) is 23.1. The second kappa shape index (κ2) is 10.7. The molecule has 0 aliphatic heterocycles. The molecule has 0 heterocycles. The van der Waals surface area contributed by atoms with E-state index >= 15 is 0 Å². The Kier molecular flexibility index (Phi) is 8.59. The van der Waals surface area contributed by atoms with Gasteiger partial charge in [-0.3, -0.25) is 0 Å². The van der Waals surface area contributed by atoms with Crippen molar-refractivity contribution >= 4 is 18.2 Å². The van der Waals surface area contributed by atoms with Crippen LogP contribution in [0.3, 0.4) is 0 Å². The normalized spacial score (nSPS) is 29.8. The van der Waals surface area contributed by atoms with Crippen molar-refractivity contribution in [3.05, 3.63) is 35.9 Å². The third-order valence-electron chi connectivity index (χ3n) is 6.80. The van der Waals surface area contributed by atoms with Crippen molar-refractivity contribution in [2.75, 3.05) is 27.2 Å². The van der Waals surface area contributed by atoms with Crippen LogP contribution in [0.4, 0.5) is 0 Å². The first-order valence-electron chi connectivity index (χ1n) is 10.7. The van der Waals surface area contributed by atoms with Gasteiger partial charge in [-0.05, 0) is 43.6 Å². The molecule has 8 nitrogen and oxygen atoms in total. The summed E-state index contributed by atoms with van der Waals surface area (Å²) in [6.07, 6.45) is 6.87. The Bertz CT molecular complexity index is 757. The molecule has 2 aliphatic carbocycles. The van der Waals surface area contributed by atoms with Crippen molar-refractivity contribution in [1.29, 1.82) is 0 Å². The highest BCUT2D eigenvalue weighted by Gasteiger charge is 2.58. The van der Waals surface area contributed by atoms with Crippen molar-refractivity contribution in [1.82, 2.24) is 0 Å². The lowest BCUT2D eigenvalue weighted by molar-refractivity contribution is -0.858. The van der Waals surface area contributed by atoms with Gasteiger partial charge in [0.25, 0.3) is 0 Å². The molecule has 1 aromatic carbocycles. The maximum atomic E-state index is 11.4. The van der Waals surface area contributed by atoms with Crippen molar-refractivity contribution in [3.63, 3.8) is 0 Å². The number of carbonyl (C=O) groups excluding carboxylic acids is 1. The molecule has 8 heteroatoms. The van der Waals surface area contributed by atoms with Crippen LogP contribution in [0.2, 0.25) is 0 Å². The van der Waals surface area contributed by atoms with Crippen molar-refractivity contribution in [3.8, 4) is 0 Å². The summed E-state index contributed by atoms with van der Waals surface area (Å²) in [7, 11) is 4.22. The number of likely N-dealkylation sites (N-methyl/N-ethyl adjacent to an activating group) is 1. The Balaban J connectivity index is 0.000000501. The largest absolute Gasteiger partial charge is 0.539 e. The number of carbonyl (C=O) groups is 2. The van der Waals surface area contributed by atoms with Crippen molar-refractivity contribution in [2.45, 2.75) is 50.5 Å². The van der Waals surface area contributed by atoms with Gasteiger partial charge in [0.05, 0.1) is 19.7 Å². The van der Waals surface area contributed by atoms with Gasteiger partial charge in [-0.25, -0.2) is 4.79 Å². The third-order valence-corrected chi connectivity index (χ3v) is 6.80. The fourth-order valence-corrected chi connectivity index (χ4v) is 4.75. The number of nitrogens with zero attached hydrogens (tertiary/aromatic N) is 1. The molecule has 4 atom stereocenters. The van der Waals surface area contributed by atoms with Crippen LogP contribution >= 0.6 is 0 Å². The molecule has 3 rings (SSSR count). The SMILES string of the molecule is C[NH+](C)CCO/N=C/[C@H]1CC[C@]2(O)C[C@@H](c3ccccc3)CC[C@]12C.O=C([O-])C(=O)O. The van der Waals surface area contributed by atoms with Gasteiger partial charge in [0.2, 0.25) is 0 Å². The van der Waals surface area contributed by atoms with E-state index in [1.807, 2.05) is 6.21 Å². The Morgan fingerprint density at radius 2 is 1.90 bits per heavy atom. The molecule has 0 aromatic heterocycles. The maximum Gasteiger partial charge on any atom is 0.351 e. The van der Waals surface area contributed by atoms with E-state index in [0.717, 1.165) is 38.6 Å². The highest BCUT2D eigenvalue weighted by atomic mass is 16.6. The lowest BCUT2D eigenvalue weighted by Crippen LogP contribution is -3.06. The first kappa shape index (κ1) is 24.8. The molecule has 0 bridgehead atoms. The Morgan fingerprint density at radius 3 is 2.48 bits per heavy atom. The lowest BCUT2D eigenvalue weighted by Gasteiger charge is -2.48. The number of aliphatic hydroxyl groups is 1. The predicted molar refractivity (Wildman–Crippen MR) is 114 cm³/mol. The number of fused-ring (bicyclic) bond motifs is 1. The molecule has 1 aromatic rings. The number of rotatable bonds is 6. The van der Waals surface area contributed by atoms with Crippen molar-refractivity contribution in [2.24, 2.45) is 16.5 Å². The number of quaternary nitrogens is 1. The van der Waals surface area contributed by atoms with Crippen LogP contribution in [0, 0.1) is 11.3 Å². The molecular formula is C23H34N2O6. The Labute approximate surface area is 183 Å². The van der Waals surface area contributed by atoms with E-state index in [4.69, 9.17) is 24.6 Å². The molecule has 0 unspecified atom stereocenters. The minimum Gasteiger partial charge on any atom is -0.539 e. The fraction of sp³-hybridized carbons (Fsp3) is 0.609. The number of carboxylic acids is 2. The number of carboxylic acid groups (broad SMARTS) is 2. The molecule has 31 heavy (non-hydrogen) atoms. The number of nitrogens with one attached hydrogen (secondary N) is 1. The molecule has 2 saturated carbocycles. The summed E-state index contributed by atoms with van der Waals surface area (Å²) in [5.41, 5.74) is 0.693. The van der Waals surface area contributed by atoms with E-state index in [2.05, 4.69) is 56.5 Å². The van der Waals surface area contributed by atoms with Gasteiger partial charge in [0.15, 0.2) is 12.6 Å². The summed E-state index contributed by atoms with van der Waals surface area (Å²) in [4.78, 5) is 24.8. The number of oxime groups is 1. The summed E-state index contributed by atoms with van der Waals surface area (Å²) >= 11 is 0. The van der Waals surface area contributed by atoms with Gasteiger partial charge in [-0.1, -0.05) is 42.4 Å². The smallest absolute Gasteiger partial charge is 0.351 e. The van der Waals surface area contributed by atoms with Crippen LogP contribution in [-0.2, 0) is 14.4 Å². The van der Waals surface area contributed by atoms with E-state index in [1.165, 1.54) is 10.5 Å². The topological polar surface area (TPSA) is 124 Å². The van der Waals surface area contributed by atoms with Gasteiger partial charge in [-0.15, -0.1) is 0 Å². The summed E-state index contributed by atoms with van der Waals surface area (Å²) in [6, 6.07) is 10.7. The second-order valence-corrected chi connectivity index (χ2v) is 9.08. The Morgan fingerprint density at radius 1 is 1.26 bits per heavy atom. The molecule has 0 radical (unpaired) electrons. The zero-order valence-corrected chi connectivity index (χ0v) is 18.5. The molecule has 0 saturated heterocycles. The quantitative estimate of drug-likeness (QED) is 0.252. The molecular weight excluding hydrogens is 400 g/mol. The minimum atomic E-state index is -2.07. The van der Waals surface area contributed by atoms with Gasteiger partial charge in [-0.2, -0.15) is 0 Å². The average Bonchev–Trinajstić information content (AvgIpc) is 2.99. The van der Waals surface area contributed by atoms with E-state index in [9.17, 15) is 5.11 Å². The number of hydrogen-bond donors (Lipinski definition) is 3. The van der Waals surface area contributed by atoms with E-state index in [0.29, 0.717) is 18.4 Å². The standard InChI is InChI=1S/C21H32N2O2.C2H2O4/c1-20-11-9-18(17-7-5-4-6-8-17)15-21(20,24)12-10-19(20)16-22-25-14-13-23(2)3;3-1(4)2(5)6/h4-8,16,18-19,24H,9-15H2,1-3H3;(H,3,4)(H,5,6)/b22-16+;/t18-,19+,20+,21-;/m0./s1. The number of hydrogen-bond acceptors (Lipinski definition) is 6. The fourth-order valence-electron chi connectivity index (χ4n) is 4.75. The van der Waals surface area contributed by atoms with E-state index in [1.54, 1.807) is 0 Å². The van der Waals surface area contributed by atoms with E-state index in [-0.39, 0.29) is 5.41 Å². The van der Waals surface area contributed by atoms with Crippen LogP contribution in [0.15, 0.2) is 35.5 Å². The van der Waals surface area contributed by atoms with Gasteiger partial charge in [0, 0.05) is 17.5 Å². The average molecular weight is 435 g/mol. The predicted octanol–water partition coefficient (Wildman–Crippen LogP) is 0.0693. The first-order chi connectivity index (χ1) is 14.6.